The predicted octanol–water partition coefficient (Wildman–Crippen LogP) is 3.13. The highest BCUT2D eigenvalue weighted by Crippen LogP contribution is 2.17. The normalized spacial score (nSPS) is 11.1. The first-order chi connectivity index (χ1) is 12.8. The van der Waals surface area contributed by atoms with Crippen LogP contribution in [0.1, 0.15) is 31.4 Å². The molecule has 1 heterocycles. The fourth-order valence-electron chi connectivity index (χ4n) is 2.41. The lowest BCUT2D eigenvalue weighted by molar-refractivity contribution is 0.302. The van der Waals surface area contributed by atoms with Gasteiger partial charge in [0.2, 0.25) is 5.88 Å². The number of hydrogen-bond acceptors (Lipinski definition) is 4. The summed E-state index contributed by atoms with van der Waals surface area (Å²) < 4.78 is 11.1. The summed E-state index contributed by atoms with van der Waals surface area (Å²) in [5.41, 5.74) is 2.05. The minimum absolute atomic E-state index is 0.494. The Morgan fingerprint density at radius 3 is 2.65 bits per heavy atom. The van der Waals surface area contributed by atoms with Crippen LogP contribution in [0.5, 0.6) is 11.6 Å². The number of benzene rings is 1. The topological polar surface area (TPSA) is 67.8 Å². The van der Waals surface area contributed by atoms with Crippen molar-refractivity contribution in [3.05, 3.63) is 53.7 Å². The average Bonchev–Trinajstić information content (AvgIpc) is 2.69. The number of nitrogens with one attached hydrogen (secondary N) is 2. The van der Waals surface area contributed by atoms with Crippen LogP contribution in [0.2, 0.25) is 0 Å². The van der Waals surface area contributed by atoms with Crippen LogP contribution in [0, 0.1) is 0 Å². The van der Waals surface area contributed by atoms with Crippen molar-refractivity contribution in [3.8, 4) is 11.6 Å². The summed E-state index contributed by atoms with van der Waals surface area (Å²) in [5.74, 6) is 2.25. The molecule has 140 valence electrons. The fourth-order valence-corrected chi connectivity index (χ4v) is 2.41. The molecule has 6 nitrogen and oxygen atoms in total. The van der Waals surface area contributed by atoms with E-state index in [9.17, 15) is 0 Å². The number of aliphatic imine (C=N–C) groups is 1. The zero-order chi connectivity index (χ0) is 18.6. The first-order valence-electron chi connectivity index (χ1n) is 8.99. The molecule has 0 atom stereocenters. The first-order valence-corrected chi connectivity index (χ1v) is 8.99. The Kier molecular flexibility index (Phi) is 8.26. The average molecular weight is 356 g/mol. The van der Waals surface area contributed by atoms with Crippen LogP contribution in [0.4, 0.5) is 0 Å². The van der Waals surface area contributed by atoms with Gasteiger partial charge in [-0.1, -0.05) is 31.2 Å². The van der Waals surface area contributed by atoms with Crippen LogP contribution >= 0.6 is 0 Å². The van der Waals surface area contributed by atoms with Gasteiger partial charge in [-0.15, -0.1) is 0 Å². The van der Waals surface area contributed by atoms with Gasteiger partial charge in [-0.25, -0.2) is 9.98 Å². The number of methoxy groups -OCH3 is 1. The quantitative estimate of drug-likeness (QED) is 0.534. The maximum Gasteiger partial charge on any atom is 0.218 e. The number of aromatic nitrogens is 1. The maximum absolute atomic E-state index is 5.70. The maximum atomic E-state index is 5.70. The number of hydrogen-bond donors (Lipinski definition) is 2. The Morgan fingerprint density at radius 2 is 1.88 bits per heavy atom. The third-order valence-corrected chi connectivity index (χ3v) is 3.68. The van der Waals surface area contributed by atoms with Crippen LogP contribution in [-0.4, -0.2) is 31.2 Å². The molecule has 2 N–H and O–H groups in total. The van der Waals surface area contributed by atoms with E-state index in [1.165, 1.54) is 0 Å². The third kappa shape index (κ3) is 5.95. The summed E-state index contributed by atoms with van der Waals surface area (Å²) in [6.07, 6.45) is 2.69. The van der Waals surface area contributed by atoms with E-state index in [-0.39, 0.29) is 0 Å². The molecule has 2 rings (SSSR count). The molecule has 0 radical (unpaired) electrons. The van der Waals surface area contributed by atoms with E-state index in [1.54, 1.807) is 13.3 Å². The molecule has 0 spiro atoms. The second-order valence-electron chi connectivity index (χ2n) is 5.68. The Labute approximate surface area is 155 Å². The molecule has 2 aromatic rings. The lowest BCUT2D eigenvalue weighted by atomic mass is 10.2. The Morgan fingerprint density at radius 1 is 1.08 bits per heavy atom. The molecule has 0 fully saturated rings. The summed E-state index contributed by atoms with van der Waals surface area (Å²) in [5, 5.41) is 6.60. The van der Waals surface area contributed by atoms with Gasteiger partial charge in [0.05, 0.1) is 20.3 Å². The van der Waals surface area contributed by atoms with Crippen molar-refractivity contribution in [1.29, 1.82) is 0 Å². The SMILES string of the molecule is CCCOc1ncccc1CN=C(NCC)NCc1ccccc1OC. The Hall–Kier alpha value is -2.76. The van der Waals surface area contributed by atoms with Gasteiger partial charge in [-0.3, -0.25) is 0 Å². The zero-order valence-electron chi connectivity index (χ0n) is 15.8. The van der Waals surface area contributed by atoms with Crippen LogP contribution in [0.15, 0.2) is 47.6 Å². The molecule has 0 aliphatic rings. The summed E-state index contributed by atoms with van der Waals surface area (Å²) in [4.78, 5) is 8.96. The fraction of sp³-hybridized carbons (Fsp3) is 0.400. The smallest absolute Gasteiger partial charge is 0.218 e. The Balaban J connectivity index is 2.05. The zero-order valence-corrected chi connectivity index (χ0v) is 15.8. The number of nitrogens with zero attached hydrogens (tertiary/aromatic N) is 2. The highest BCUT2D eigenvalue weighted by Gasteiger charge is 2.06. The lowest BCUT2D eigenvalue weighted by Crippen LogP contribution is -2.36. The van der Waals surface area contributed by atoms with Gasteiger partial charge in [0.25, 0.3) is 0 Å². The van der Waals surface area contributed by atoms with E-state index in [0.717, 1.165) is 35.8 Å². The number of para-hydroxylation sites is 1. The van der Waals surface area contributed by atoms with E-state index in [2.05, 4.69) is 27.5 Å². The number of rotatable bonds is 9. The molecule has 0 bridgehead atoms. The van der Waals surface area contributed by atoms with Crippen molar-refractivity contribution in [3.63, 3.8) is 0 Å². The van der Waals surface area contributed by atoms with E-state index >= 15 is 0 Å². The van der Waals surface area contributed by atoms with Crippen LogP contribution in [0.25, 0.3) is 0 Å². The van der Waals surface area contributed by atoms with Crippen molar-refractivity contribution in [1.82, 2.24) is 15.6 Å². The molecule has 0 aliphatic carbocycles. The summed E-state index contributed by atoms with van der Waals surface area (Å²) in [7, 11) is 1.68. The van der Waals surface area contributed by atoms with Gasteiger partial charge in [-0.05, 0) is 25.5 Å². The molecular formula is C20H28N4O2. The van der Waals surface area contributed by atoms with E-state index in [4.69, 9.17) is 9.47 Å². The van der Waals surface area contributed by atoms with Gasteiger partial charge in [0.15, 0.2) is 5.96 Å². The molecule has 0 saturated heterocycles. The van der Waals surface area contributed by atoms with Crippen LogP contribution in [0.3, 0.4) is 0 Å². The van der Waals surface area contributed by atoms with Gasteiger partial charge in [-0.2, -0.15) is 0 Å². The molecule has 0 unspecified atom stereocenters. The van der Waals surface area contributed by atoms with Gasteiger partial charge in [0, 0.05) is 30.4 Å². The summed E-state index contributed by atoms with van der Waals surface area (Å²) >= 11 is 0. The molecule has 1 aromatic carbocycles. The van der Waals surface area contributed by atoms with Gasteiger partial charge in [0.1, 0.15) is 5.75 Å². The summed E-state index contributed by atoms with van der Waals surface area (Å²) in [6.45, 7) is 6.67. The van der Waals surface area contributed by atoms with Crippen molar-refractivity contribution >= 4 is 5.96 Å². The molecule has 1 aromatic heterocycles. The third-order valence-electron chi connectivity index (χ3n) is 3.68. The highest BCUT2D eigenvalue weighted by atomic mass is 16.5. The van der Waals surface area contributed by atoms with Gasteiger partial charge >= 0.3 is 0 Å². The van der Waals surface area contributed by atoms with Crippen LogP contribution in [-0.2, 0) is 13.1 Å². The molecule has 6 heteroatoms. The van der Waals surface area contributed by atoms with E-state index in [1.807, 2.05) is 43.3 Å². The molecular weight excluding hydrogens is 328 g/mol. The number of ether oxygens (including phenoxy) is 2. The first kappa shape index (κ1) is 19.6. The van der Waals surface area contributed by atoms with Crippen molar-refractivity contribution < 1.29 is 9.47 Å². The number of guanidine groups is 1. The van der Waals surface area contributed by atoms with E-state index in [0.29, 0.717) is 25.6 Å². The minimum Gasteiger partial charge on any atom is -0.496 e. The summed E-state index contributed by atoms with van der Waals surface area (Å²) in [6, 6.07) is 11.8. The molecule has 0 aliphatic heterocycles. The highest BCUT2D eigenvalue weighted by molar-refractivity contribution is 5.79. The molecule has 0 amide bonds. The molecule has 0 saturated carbocycles. The second-order valence-corrected chi connectivity index (χ2v) is 5.68. The predicted molar refractivity (Wildman–Crippen MR) is 105 cm³/mol. The lowest BCUT2D eigenvalue weighted by Gasteiger charge is -2.14. The van der Waals surface area contributed by atoms with Gasteiger partial charge < -0.3 is 20.1 Å². The van der Waals surface area contributed by atoms with Crippen LogP contribution < -0.4 is 20.1 Å². The second kappa shape index (κ2) is 11.0. The standard InChI is InChI=1S/C20H28N4O2/c1-4-13-26-19-17(10-8-12-22-19)15-24-20(21-5-2)23-14-16-9-6-7-11-18(16)25-3/h6-12H,4-5,13-15H2,1-3H3,(H2,21,23,24). The van der Waals surface area contributed by atoms with Crippen molar-refractivity contribution in [2.45, 2.75) is 33.4 Å². The van der Waals surface area contributed by atoms with Crippen molar-refractivity contribution in [2.75, 3.05) is 20.3 Å². The molecule has 26 heavy (non-hydrogen) atoms. The van der Waals surface area contributed by atoms with Crippen molar-refractivity contribution in [2.24, 2.45) is 4.99 Å². The Bertz CT molecular complexity index is 704. The monoisotopic (exact) mass is 356 g/mol. The van der Waals surface area contributed by atoms with E-state index < -0.39 is 0 Å². The largest absolute Gasteiger partial charge is 0.496 e. The number of pyridine rings is 1. The minimum atomic E-state index is 0.494.